The zero-order chi connectivity index (χ0) is 18.1. The van der Waals surface area contributed by atoms with E-state index in [0.29, 0.717) is 42.5 Å². The molecule has 0 atom stereocenters. The van der Waals surface area contributed by atoms with Crippen LogP contribution in [0.5, 0.6) is 17.2 Å². The minimum Gasteiger partial charge on any atom is -0.486 e. The van der Waals surface area contributed by atoms with Gasteiger partial charge in [0, 0.05) is 19.2 Å². The van der Waals surface area contributed by atoms with Gasteiger partial charge in [-0.2, -0.15) is 0 Å². The Kier molecular flexibility index (Phi) is 4.12. The van der Waals surface area contributed by atoms with Crippen LogP contribution in [0, 0.1) is 0 Å². The number of fused-ring (bicyclic) bond motifs is 2. The number of benzene rings is 2. The maximum atomic E-state index is 12.7. The Morgan fingerprint density at radius 3 is 2.69 bits per heavy atom. The third-order valence-electron chi connectivity index (χ3n) is 4.23. The smallest absolute Gasteiger partial charge is 0.262 e. The van der Waals surface area contributed by atoms with Gasteiger partial charge in [0.25, 0.3) is 11.8 Å². The van der Waals surface area contributed by atoms with Gasteiger partial charge in [-0.15, -0.1) is 0 Å². The highest BCUT2D eigenvalue weighted by atomic mass is 16.6. The maximum absolute atomic E-state index is 12.7. The number of hydrogen-bond donors (Lipinski definition) is 1. The Hall–Kier alpha value is -3.22. The normalized spacial score (nSPS) is 14.7. The summed E-state index contributed by atoms with van der Waals surface area (Å²) in [5.74, 6) is 1.59. The van der Waals surface area contributed by atoms with Gasteiger partial charge in [-0.1, -0.05) is 6.07 Å². The summed E-state index contributed by atoms with van der Waals surface area (Å²) >= 11 is 0. The molecule has 2 heterocycles. The number of hydrogen-bond acceptors (Lipinski definition) is 5. The molecule has 7 heteroatoms. The second-order valence-electron chi connectivity index (χ2n) is 6.19. The Balaban J connectivity index is 1.49. The molecular formula is C19H18N2O5. The minimum absolute atomic E-state index is 0.0440. The first-order chi connectivity index (χ1) is 12.6. The molecule has 2 amide bonds. The van der Waals surface area contributed by atoms with E-state index in [0.717, 1.165) is 11.3 Å². The number of anilines is 1. The van der Waals surface area contributed by atoms with Crippen molar-refractivity contribution in [2.24, 2.45) is 0 Å². The van der Waals surface area contributed by atoms with Gasteiger partial charge in [-0.3, -0.25) is 9.59 Å². The lowest BCUT2D eigenvalue weighted by atomic mass is 10.1. The van der Waals surface area contributed by atoms with Crippen LogP contribution in [-0.2, 0) is 11.3 Å². The summed E-state index contributed by atoms with van der Waals surface area (Å²) in [6.07, 6.45) is 0. The van der Waals surface area contributed by atoms with Gasteiger partial charge in [-0.25, -0.2) is 0 Å². The molecule has 0 aromatic heterocycles. The summed E-state index contributed by atoms with van der Waals surface area (Å²) in [6, 6.07) is 10.7. The van der Waals surface area contributed by atoms with Crippen molar-refractivity contribution in [1.82, 2.24) is 4.90 Å². The van der Waals surface area contributed by atoms with Crippen molar-refractivity contribution in [2.75, 3.05) is 32.2 Å². The average Bonchev–Trinajstić information content (AvgIpc) is 2.67. The van der Waals surface area contributed by atoms with E-state index in [4.69, 9.17) is 14.2 Å². The lowest BCUT2D eigenvalue weighted by molar-refractivity contribution is -0.118. The summed E-state index contributed by atoms with van der Waals surface area (Å²) in [5.41, 5.74) is 2.03. The van der Waals surface area contributed by atoms with E-state index in [1.54, 1.807) is 30.1 Å². The molecule has 0 saturated heterocycles. The quantitative estimate of drug-likeness (QED) is 0.913. The molecule has 7 nitrogen and oxygen atoms in total. The van der Waals surface area contributed by atoms with Crippen LogP contribution >= 0.6 is 0 Å². The number of amides is 2. The van der Waals surface area contributed by atoms with E-state index >= 15 is 0 Å². The molecule has 4 rings (SSSR count). The van der Waals surface area contributed by atoms with Crippen LogP contribution in [-0.4, -0.2) is 43.6 Å². The van der Waals surface area contributed by atoms with Crippen LogP contribution in [0.3, 0.4) is 0 Å². The van der Waals surface area contributed by atoms with Crippen molar-refractivity contribution in [1.29, 1.82) is 0 Å². The standard InChI is InChI=1S/C19H18N2O5/c1-21(10-12-2-5-15-17(8-12)25-7-6-24-15)19(23)13-3-4-14-16(9-13)26-11-18(22)20-14/h2-5,8-9H,6-7,10-11H2,1H3,(H,20,22). The molecule has 0 aliphatic carbocycles. The second-order valence-corrected chi connectivity index (χ2v) is 6.19. The molecule has 26 heavy (non-hydrogen) atoms. The van der Waals surface area contributed by atoms with Crippen molar-refractivity contribution in [3.8, 4) is 17.2 Å². The zero-order valence-electron chi connectivity index (χ0n) is 14.3. The van der Waals surface area contributed by atoms with E-state index in [-0.39, 0.29) is 18.4 Å². The van der Waals surface area contributed by atoms with Crippen molar-refractivity contribution in [2.45, 2.75) is 6.54 Å². The topological polar surface area (TPSA) is 77.1 Å². The van der Waals surface area contributed by atoms with Gasteiger partial charge in [-0.05, 0) is 35.9 Å². The van der Waals surface area contributed by atoms with E-state index in [2.05, 4.69) is 5.32 Å². The highest BCUT2D eigenvalue weighted by molar-refractivity contribution is 5.98. The van der Waals surface area contributed by atoms with Crippen LogP contribution < -0.4 is 19.5 Å². The third kappa shape index (κ3) is 3.15. The van der Waals surface area contributed by atoms with Crippen LogP contribution in [0.25, 0.3) is 0 Å². The predicted molar refractivity (Wildman–Crippen MR) is 93.8 cm³/mol. The molecule has 1 N–H and O–H groups in total. The molecule has 0 fully saturated rings. The lowest BCUT2D eigenvalue weighted by Crippen LogP contribution is -2.28. The Labute approximate surface area is 150 Å². The van der Waals surface area contributed by atoms with E-state index < -0.39 is 0 Å². The molecule has 134 valence electrons. The molecule has 2 aliphatic rings. The molecule has 0 bridgehead atoms. The van der Waals surface area contributed by atoms with Crippen molar-refractivity contribution < 1.29 is 23.8 Å². The lowest BCUT2D eigenvalue weighted by Gasteiger charge is -2.22. The van der Waals surface area contributed by atoms with Crippen LogP contribution in [0.4, 0.5) is 5.69 Å². The Bertz CT molecular complexity index is 880. The molecule has 0 spiro atoms. The van der Waals surface area contributed by atoms with Gasteiger partial charge in [0.1, 0.15) is 19.0 Å². The summed E-state index contributed by atoms with van der Waals surface area (Å²) < 4.78 is 16.5. The van der Waals surface area contributed by atoms with E-state index in [9.17, 15) is 9.59 Å². The first-order valence-electron chi connectivity index (χ1n) is 8.31. The van der Waals surface area contributed by atoms with E-state index in [1.165, 1.54) is 0 Å². The average molecular weight is 354 g/mol. The van der Waals surface area contributed by atoms with Crippen molar-refractivity contribution in [3.63, 3.8) is 0 Å². The first-order valence-corrected chi connectivity index (χ1v) is 8.31. The summed E-state index contributed by atoms with van der Waals surface area (Å²) in [4.78, 5) is 25.7. The molecule has 0 unspecified atom stereocenters. The highest BCUT2D eigenvalue weighted by Gasteiger charge is 2.20. The fourth-order valence-electron chi connectivity index (χ4n) is 2.96. The number of nitrogens with one attached hydrogen (secondary N) is 1. The summed E-state index contributed by atoms with van der Waals surface area (Å²) in [6.45, 7) is 1.46. The van der Waals surface area contributed by atoms with Gasteiger partial charge < -0.3 is 24.4 Å². The van der Waals surface area contributed by atoms with Crippen molar-refractivity contribution in [3.05, 3.63) is 47.5 Å². The fourth-order valence-corrected chi connectivity index (χ4v) is 2.96. The van der Waals surface area contributed by atoms with Crippen LogP contribution in [0.2, 0.25) is 0 Å². The monoisotopic (exact) mass is 354 g/mol. The SMILES string of the molecule is CN(Cc1ccc2c(c1)OCCO2)C(=O)c1ccc2c(c1)OCC(=O)N2. The molecule has 2 aromatic rings. The van der Waals surface area contributed by atoms with E-state index in [1.807, 2.05) is 18.2 Å². The maximum Gasteiger partial charge on any atom is 0.262 e. The number of rotatable bonds is 3. The summed E-state index contributed by atoms with van der Waals surface area (Å²) in [7, 11) is 1.74. The van der Waals surface area contributed by atoms with Gasteiger partial charge >= 0.3 is 0 Å². The summed E-state index contributed by atoms with van der Waals surface area (Å²) in [5, 5.41) is 2.71. The highest BCUT2D eigenvalue weighted by Crippen LogP contribution is 2.32. The second kappa shape index (κ2) is 6.59. The van der Waals surface area contributed by atoms with Crippen LogP contribution in [0.15, 0.2) is 36.4 Å². The van der Waals surface area contributed by atoms with Gasteiger partial charge in [0.05, 0.1) is 5.69 Å². The number of carbonyl (C=O) groups excluding carboxylic acids is 2. The Morgan fingerprint density at radius 2 is 1.85 bits per heavy atom. The molecular weight excluding hydrogens is 336 g/mol. The molecule has 0 radical (unpaired) electrons. The third-order valence-corrected chi connectivity index (χ3v) is 4.23. The minimum atomic E-state index is -0.202. The fraction of sp³-hybridized carbons (Fsp3) is 0.263. The molecule has 0 saturated carbocycles. The van der Waals surface area contributed by atoms with Crippen LogP contribution in [0.1, 0.15) is 15.9 Å². The molecule has 2 aliphatic heterocycles. The number of carbonyl (C=O) groups is 2. The number of nitrogens with zero attached hydrogens (tertiary/aromatic N) is 1. The first kappa shape index (κ1) is 16.3. The largest absolute Gasteiger partial charge is 0.486 e. The predicted octanol–water partition coefficient (Wildman–Crippen LogP) is 2.06. The Morgan fingerprint density at radius 1 is 1.04 bits per heavy atom. The number of ether oxygens (including phenoxy) is 3. The van der Waals surface area contributed by atoms with Gasteiger partial charge in [0.15, 0.2) is 18.1 Å². The van der Waals surface area contributed by atoms with Gasteiger partial charge in [0.2, 0.25) is 0 Å². The zero-order valence-corrected chi connectivity index (χ0v) is 14.3. The van der Waals surface area contributed by atoms with Crippen molar-refractivity contribution >= 4 is 17.5 Å². The molecule has 2 aromatic carbocycles.